The quantitative estimate of drug-likeness (QED) is 0.501. The van der Waals surface area contributed by atoms with Crippen molar-refractivity contribution in [3.8, 4) is 0 Å². The van der Waals surface area contributed by atoms with E-state index in [-0.39, 0.29) is 11.4 Å². The fourth-order valence-corrected chi connectivity index (χ4v) is 1.87. The molecule has 0 saturated carbocycles. The van der Waals surface area contributed by atoms with Gasteiger partial charge in [-0.3, -0.25) is 4.79 Å². The maximum absolute atomic E-state index is 11.9. The average molecular weight is 196 g/mol. The maximum atomic E-state index is 11.9. The molecule has 0 fully saturated rings. The lowest BCUT2D eigenvalue weighted by Crippen LogP contribution is -2.43. The molecule has 0 radical (unpaired) electrons. The molecule has 0 heterocycles. The van der Waals surface area contributed by atoms with Crippen molar-refractivity contribution >= 4 is 5.97 Å². The van der Waals surface area contributed by atoms with Crippen LogP contribution in [0, 0.1) is 10.8 Å². The molecule has 0 aromatic carbocycles. The van der Waals surface area contributed by atoms with Crippen molar-refractivity contribution in [2.24, 2.45) is 10.8 Å². The third-order valence-electron chi connectivity index (χ3n) is 3.49. The van der Waals surface area contributed by atoms with Gasteiger partial charge in [0.05, 0.1) is 12.0 Å². The highest BCUT2D eigenvalue weighted by atomic mass is 16.5. The Bertz CT molecular complexity index is 253. The molecular weight excluding hydrogens is 176 g/mol. The summed E-state index contributed by atoms with van der Waals surface area (Å²) in [4.78, 5) is 11.9. The number of carbonyl (C=O) groups is 1. The van der Waals surface area contributed by atoms with E-state index in [1.807, 2.05) is 19.9 Å². The summed E-state index contributed by atoms with van der Waals surface area (Å²) in [5.74, 6) is -0.0963. The fraction of sp³-hybridized carbons (Fsp3) is 0.750. The van der Waals surface area contributed by atoms with Crippen LogP contribution in [-0.4, -0.2) is 12.6 Å². The monoisotopic (exact) mass is 196 g/mol. The van der Waals surface area contributed by atoms with E-state index in [0.29, 0.717) is 6.61 Å². The molecule has 2 nitrogen and oxygen atoms in total. The Morgan fingerprint density at radius 2 is 2.07 bits per heavy atom. The van der Waals surface area contributed by atoms with Gasteiger partial charge in [0.2, 0.25) is 0 Å². The van der Waals surface area contributed by atoms with Crippen LogP contribution in [0.3, 0.4) is 0 Å². The van der Waals surface area contributed by atoms with Crippen molar-refractivity contribution in [3.05, 3.63) is 12.2 Å². The summed E-state index contributed by atoms with van der Waals surface area (Å²) in [6, 6.07) is 0. The molecule has 1 unspecified atom stereocenters. The first-order valence-electron chi connectivity index (χ1n) is 5.29. The molecule has 1 aliphatic rings. The van der Waals surface area contributed by atoms with Crippen LogP contribution in [0.5, 0.6) is 0 Å². The summed E-state index contributed by atoms with van der Waals surface area (Å²) in [5, 5.41) is 0. The maximum Gasteiger partial charge on any atom is 0.316 e. The van der Waals surface area contributed by atoms with Gasteiger partial charge < -0.3 is 4.74 Å². The molecule has 1 aliphatic carbocycles. The van der Waals surface area contributed by atoms with Gasteiger partial charge in [0.1, 0.15) is 0 Å². The number of carbonyl (C=O) groups excluding carboxylic acids is 1. The van der Waals surface area contributed by atoms with Gasteiger partial charge in [-0.15, -0.1) is 0 Å². The van der Waals surface area contributed by atoms with Crippen LogP contribution in [0.25, 0.3) is 0 Å². The summed E-state index contributed by atoms with van der Waals surface area (Å²) >= 11 is 0. The highest BCUT2D eigenvalue weighted by Crippen LogP contribution is 2.47. The highest BCUT2D eigenvalue weighted by molar-refractivity contribution is 5.80. The first-order valence-corrected chi connectivity index (χ1v) is 5.29. The van der Waals surface area contributed by atoms with Crippen molar-refractivity contribution in [2.45, 2.75) is 40.5 Å². The zero-order valence-electron chi connectivity index (χ0n) is 9.59. The predicted octanol–water partition coefficient (Wildman–Crippen LogP) is 2.93. The minimum absolute atomic E-state index is 0.00595. The topological polar surface area (TPSA) is 26.3 Å². The number of rotatable bonds is 2. The van der Waals surface area contributed by atoms with Crippen LogP contribution in [0.4, 0.5) is 0 Å². The Kier molecular flexibility index (Phi) is 3.03. The lowest BCUT2D eigenvalue weighted by molar-refractivity contribution is -0.158. The normalized spacial score (nSPS) is 30.0. The van der Waals surface area contributed by atoms with Gasteiger partial charge in [-0.1, -0.05) is 26.0 Å². The van der Waals surface area contributed by atoms with Crippen LogP contribution >= 0.6 is 0 Å². The SMILES string of the molecule is CCOC(=O)C1(C)C=CCCC1(C)C. The molecule has 0 aromatic heterocycles. The van der Waals surface area contributed by atoms with Gasteiger partial charge in [0, 0.05) is 0 Å². The first-order chi connectivity index (χ1) is 6.44. The minimum atomic E-state index is -0.457. The number of allylic oxidation sites excluding steroid dienone is 1. The molecule has 1 atom stereocenters. The van der Waals surface area contributed by atoms with Gasteiger partial charge in [0.25, 0.3) is 0 Å². The Balaban J connectivity index is 2.94. The van der Waals surface area contributed by atoms with Crippen molar-refractivity contribution in [3.63, 3.8) is 0 Å². The van der Waals surface area contributed by atoms with E-state index in [0.717, 1.165) is 12.8 Å². The first kappa shape index (κ1) is 11.3. The van der Waals surface area contributed by atoms with Gasteiger partial charge in [-0.05, 0) is 32.1 Å². The van der Waals surface area contributed by atoms with E-state index in [1.165, 1.54) is 0 Å². The standard InChI is InChI=1S/C12H20O2/c1-5-14-10(13)12(4)9-7-6-8-11(12,2)3/h7,9H,5-6,8H2,1-4H3. The average Bonchev–Trinajstić information content (AvgIpc) is 2.10. The molecule has 0 bridgehead atoms. The highest BCUT2D eigenvalue weighted by Gasteiger charge is 2.47. The van der Waals surface area contributed by atoms with Crippen LogP contribution in [0.15, 0.2) is 12.2 Å². The van der Waals surface area contributed by atoms with Crippen molar-refractivity contribution in [2.75, 3.05) is 6.61 Å². The molecule has 0 N–H and O–H groups in total. The summed E-state index contributed by atoms with van der Waals surface area (Å²) in [7, 11) is 0. The smallest absolute Gasteiger partial charge is 0.316 e. The molecule has 1 rings (SSSR count). The van der Waals surface area contributed by atoms with E-state index < -0.39 is 5.41 Å². The Hall–Kier alpha value is -0.790. The molecule has 14 heavy (non-hydrogen) atoms. The van der Waals surface area contributed by atoms with Crippen LogP contribution in [0.2, 0.25) is 0 Å². The van der Waals surface area contributed by atoms with Crippen LogP contribution in [-0.2, 0) is 9.53 Å². The number of hydrogen-bond acceptors (Lipinski definition) is 2. The Morgan fingerprint density at radius 3 is 2.57 bits per heavy atom. The Morgan fingerprint density at radius 1 is 1.43 bits per heavy atom. The zero-order chi connectivity index (χ0) is 10.8. The van der Waals surface area contributed by atoms with Crippen molar-refractivity contribution in [1.29, 1.82) is 0 Å². The third-order valence-corrected chi connectivity index (χ3v) is 3.49. The number of esters is 1. The zero-order valence-corrected chi connectivity index (χ0v) is 9.59. The fourth-order valence-electron chi connectivity index (χ4n) is 1.87. The summed E-state index contributed by atoms with van der Waals surface area (Å²) < 4.78 is 5.13. The van der Waals surface area contributed by atoms with Crippen LogP contribution < -0.4 is 0 Å². The van der Waals surface area contributed by atoms with Gasteiger partial charge >= 0.3 is 5.97 Å². The van der Waals surface area contributed by atoms with Gasteiger partial charge in [-0.2, -0.15) is 0 Å². The minimum Gasteiger partial charge on any atom is -0.465 e. The summed E-state index contributed by atoms with van der Waals surface area (Å²) in [6.07, 6.45) is 6.19. The number of hydrogen-bond donors (Lipinski definition) is 0. The van der Waals surface area contributed by atoms with E-state index in [9.17, 15) is 4.79 Å². The molecule has 0 aliphatic heterocycles. The third kappa shape index (κ3) is 1.70. The van der Waals surface area contributed by atoms with Gasteiger partial charge in [0.15, 0.2) is 0 Å². The predicted molar refractivity (Wildman–Crippen MR) is 56.9 cm³/mol. The summed E-state index contributed by atoms with van der Waals surface area (Å²) in [5.41, 5.74) is -0.463. The van der Waals surface area contributed by atoms with E-state index in [4.69, 9.17) is 4.74 Å². The molecule has 0 amide bonds. The van der Waals surface area contributed by atoms with E-state index in [2.05, 4.69) is 19.9 Å². The van der Waals surface area contributed by atoms with Crippen LogP contribution in [0.1, 0.15) is 40.5 Å². The lowest BCUT2D eigenvalue weighted by Gasteiger charge is -2.42. The Labute approximate surface area is 86.3 Å². The molecule has 2 heteroatoms. The lowest BCUT2D eigenvalue weighted by atomic mass is 9.62. The van der Waals surface area contributed by atoms with Crippen molar-refractivity contribution in [1.82, 2.24) is 0 Å². The molecule has 80 valence electrons. The number of ether oxygens (including phenoxy) is 1. The molecular formula is C12H20O2. The molecule has 0 saturated heterocycles. The second-order valence-corrected chi connectivity index (χ2v) is 4.75. The van der Waals surface area contributed by atoms with E-state index >= 15 is 0 Å². The molecule has 0 aromatic rings. The largest absolute Gasteiger partial charge is 0.465 e. The summed E-state index contributed by atoms with van der Waals surface area (Å²) in [6.45, 7) is 8.54. The molecule has 0 spiro atoms. The second-order valence-electron chi connectivity index (χ2n) is 4.75. The van der Waals surface area contributed by atoms with Crippen molar-refractivity contribution < 1.29 is 9.53 Å². The second kappa shape index (κ2) is 3.76. The van der Waals surface area contributed by atoms with E-state index in [1.54, 1.807) is 0 Å². The van der Waals surface area contributed by atoms with Gasteiger partial charge in [-0.25, -0.2) is 0 Å².